The van der Waals surface area contributed by atoms with Gasteiger partial charge in [-0.1, -0.05) is 24.3 Å². The summed E-state index contributed by atoms with van der Waals surface area (Å²) in [5.74, 6) is 5.34. The minimum Gasteiger partial charge on any atom is -0.384 e. The molecule has 21 heavy (non-hydrogen) atoms. The van der Waals surface area contributed by atoms with Crippen LogP contribution in [0.3, 0.4) is 0 Å². The predicted octanol–water partition coefficient (Wildman–Crippen LogP) is 1.48. The molecule has 114 valence electrons. The van der Waals surface area contributed by atoms with Crippen LogP contribution in [0.25, 0.3) is 0 Å². The summed E-state index contributed by atoms with van der Waals surface area (Å²) in [5.41, 5.74) is 2.01. The van der Waals surface area contributed by atoms with E-state index in [4.69, 9.17) is 5.11 Å². The number of rotatable bonds is 3. The summed E-state index contributed by atoms with van der Waals surface area (Å²) >= 11 is 0. The van der Waals surface area contributed by atoms with Crippen LogP contribution >= 0.6 is 0 Å². The summed E-state index contributed by atoms with van der Waals surface area (Å²) in [4.78, 5) is 0. The van der Waals surface area contributed by atoms with E-state index in [9.17, 15) is 8.42 Å². The van der Waals surface area contributed by atoms with Crippen molar-refractivity contribution in [3.8, 4) is 11.8 Å². The number of aliphatic hydroxyl groups is 1. The highest BCUT2D eigenvalue weighted by Crippen LogP contribution is 2.20. The first-order valence-electron chi connectivity index (χ1n) is 7.01. The molecule has 0 atom stereocenters. The fourth-order valence-corrected chi connectivity index (χ4v) is 3.62. The maximum Gasteiger partial charge on any atom is 0.301 e. The molecule has 0 aliphatic carbocycles. The molecule has 0 amide bonds. The van der Waals surface area contributed by atoms with Gasteiger partial charge < -0.3 is 5.11 Å². The van der Waals surface area contributed by atoms with E-state index in [1.54, 1.807) is 12.1 Å². The van der Waals surface area contributed by atoms with Gasteiger partial charge in [-0.3, -0.25) is 4.72 Å². The van der Waals surface area contributed by atoms with Crippen LogP contribution in [0.1, 0.15) is 30.4 Å². The van der Waals surface area contributed by atoms with Gasteiger partial charge in [-0.05, 0) is 37.5 Å². The van der Waals surface area contributed by atoms with Crippen molar-refractivity contribution in [1.82, 2.24) is 4.31 Å². The lowest BCUT2D eigenvalue weighted by Gasteiger charge is -2.26. The molecular formula is C15H20N2O3S. The Morgan fingerprint density at radius 2 is 2.00 bits per heavy atom. The van der Waals surface area contributed by atoms with Crippen molar-refractivity contribution in [2.75, 3.05) is 24.4 Å². The topological polar surface area (TPSA) is 69.6 Å². The fraction of sp³-hybridized carbons (Fsp3) is 0.467. The normalized spacial score (nSPS) is 16.1. The van der Waals surface area contributed by atoms with Crippen molar-refractivity contribution < 1.29 is 13.5 Å². The lowest BCUT2D eigenvalue weighted by molar-refractivity contribution is 0.349. The lowest BCUT2D eigenvalue weighted by atomic mass is 10.1. The van der Waals surface area contributed by atoms with Gasteiger partial charge in [-0.15, -0.1) is 0 Å². The summed E-state index contributed by atoms with van der Waals surface area (Å²) < 4.78 is 28.8. The van der Waals surface area contributed by atoms with Crippen molar-refractivity contribution in [1.29, 1.82) is 0 Å². The van der Waals surface area contributed by atoms with Crippen LogP contribution < -0.4 is 4.72 Å². The molecule has 1 aliphatic rings. The Morgan fingerprint density at radius 1 is 1.29 bits per heavy atom. The molecule has 1 aliphatic heterocycles. The van der Waals surface area contributed by atoms with Crippen LogP contribution in [-0.4, -0.2) is 37.5 Å². The van der Waals surface area contributed by atoms with Crippen molar-refractivity contribution >= 4 is 15.9 Å². The number of hydrogen-bond donors (Lipinski definition) is 2. The zero-order valence-corrected chi connectivity index (χ0v) is 12.9. The molecule has 2 N–H and O–H groups in total. The molecule has 0 spiro atoms. The van der Waals surface area contributed by atoms with Crippen molar-refractivity contribution in [2.45, 2.75) is 26.2 Å². The number of piperidine rings is 1. The minimum absolute atomic E-state index is 0.258. The molecule has 6 heteroatoms. The Labute approximate surface area is 126 Å². The summed E-state index contributed by atoms with van der Waals surface area (Å²) in [6.07, 6.45) is 2.86. The lowest BCUT2D eigenvalue weighted by Crippen LogP contribution is -2.39. The molecular weight excluding hydrogens is 288 g/mol. The molecule has 1 aromatic carbocycles. The quantitative estimate of drug-likeness (QED) is 0.831. The molecule has 0 bridgehead atoms. The van der Waals surface area contributed by atoms with Crippen molar-refractivity contribution in [3.05, 3.63) is 29.3 Å². The third kappa shape index (κ3) is 4.21. The molecule has 0 unspecified atom stereocenters. The first-order chi connectivity index (χ1) is 10.0. The highest BCUT2D eigenvalue weighted by Gasteiger charge is 2.24. The SMILES string of the molecule is Cc1ccc(NS(=O)(=O)N2CCCCC2)c(C#CCO)c1. The van der Waals surface area contributed by atoms with Crippen LogP contribution in [0, 0.1) is 18.8 Å². The Morgan fingerprint density at radius 3 is 2.67 bits per heavy atom. The number of aryl methyl sites for hydroxylation is 1. The van der Waals surface area contributed by atoms with Crippen LogP contribution in [0.4, 0.5) is 5.69 Å². The van der Waals surface area contributed by atoms with E-state index in [0.717, 1.165) is 24.8 Å². The van der Waals surface area contributed by atoms with E-state index in [2.05, 4.69) is 16.6 Å². The van der Waals surface area contributed by atoms with Crippen LogP contribution in [0.5, 0.6) is 0 Å². The van der Waals surface area contributed by atoms with E-state index < -0.39 is 10.2 Å². The predicted molar refractivity (Wildman–Crippen MR) is 83.1 cm³/mol. The van der Waals surface area contributed by atoms with E-state index in [0.29, 0.717) is 24.3 Å². The standard InChI is InChI=1S/C15H20N2O3S/c1-13-7-8-15(14(12-13)6-5-11-18)16-21(19,20)17-9-3-2-4-10-17/h7-8,12,16,18H,2-4,9-11H2,1H3. The molecule has 0 radical (unpaired) electrons. The molecule has 1 fully saturated rings. The molecule has 0 saturated carbocycles. The van der Waals surface area contributed by atoms with Crippen LogP contribution in [0.15, 0.2) is 18.2 Å². The highest BCUT2D eigenvalue weighted by atomic mass is 32.2. The number of nitrogens with zero attached hydrogens (tertiary/aromatic N) is 1. The third-order valence-corrected chi connectivity index (χ3v) is 4.89. The van der Waals surface area contributed by atoms with Crippen molar-refractivity contribution in [2.24, 2.45) is 0 Å². The second-order valence-electron chi connectivity index (χ2n) is 5.08. The molecule has 5 nitrogen and oxygen atoms in total. The molecule has 0 aromatic heterocycles. The highest BCUT2D eigenvalue weighted by molar-refractivity contribution is 7.90. The zero-order valence-electron chi connectivity index (χ0n) is 12.1. The van der Waals surface area contributed by atoms with Gasteiger partial charge in [0.1, 0.15) is 6.61 Å². The summed E-state index contributed by atoms with van der Waals surface area (Å²) in [6.45, 7) is 2.76. The number of aliphatic hydroxyl groups excluding tert-OH is 1. The van der Waals surface area contributed by atoms with Gasteiger partial charge in [-0.25, -0.2) is 0 Å². The molecule has 1 saturated heterocycles. The number of benzene rings is 1. The van der Waals surface area contributed by atoms with Crippen molar-refractivity contribution in [3.63, 3.8) is 0 Å². The summed E-state index contributed by atoms with van der Waals surface area (Å²) in [5, 5.41) is 8.80. The third-order valence-electron chi connectivity index (χ3n) is 3.37. The fourth-order valence-electron chi connectivity index (χ4n) is 2.29. The summed E-state index contributed by atoms with van der Waals surface area (Å²) in [6, 6.07) is 5.34. The van der Waals surface area contributed by atoms with Gasteiger partial charge in [0, 0.05) is 18.7 Å². The zero-order chi connectivity index (χ0) is 15.3. The van der Waals surface area contributed by atoms with Crippen LogP contribution in [0.2, 0.25) is 0 Å². The maximum atomic E-state index is 12.4. The second kappa shape index (κ2) is 6.94. The Kier molecular flexibility index (Phi) is 5.23. The largest absolute Gasteiger partial charge is 0.384 e. The maximum absolute atomic E-state index is 12.4. The average Bonchev–Trinajstić information content (AvgIpc) is 2.48. The van der Waals surface area contributed by atoms with E-state index >= 15 is 0 Å². The van der Waals surface area contributed by atoms with E-state index in [1.807, 2.05) is 13.0 Å². The summed E-state index contributed by atoms with van der Waals surface area (Å²) in [7, 11) is -3.54. The Hall–Kier alpha value is -1.55. The van der Waals surface area contributed by atoms with Gasteiger partial charge in [-0.2, -0.15) is 12.7 Å². The molecule has 2 rings (SSSR count). The number of nitrogens with one attached hydrogen (secondary N) is 1. The second-order valence-corrected chi connectivity index (χ2v) is 6.75. The first-order valence-corrected chi connectivity index (χ1v) is 8.45. The first kappa shape index (κ1) is 15.8. The molecule has 1 aromatic rings. The average molecular weight is 308 g/mol. The van der Waals surface area contributed by atoms with Gasteiger partial charge in [0.25, 0.3) is 0 Å². The van der Waals surface area contributed by atoms with Gasteiger partial charge in [0.05, 0.1) is 5.69 Å². The Bertz CT molecular complexity index is 653. The number of hydrogen-bond acceptors (Lipinski definition) is 3. The minimum atomic E-state index is -3.54. The van der Waals surface area contributed by atoms with E-state index in [1.165, 1.54) is 4.31 Å². The number of anilines is 1. The Balaban J connectivity index is 2.25. The van der Waals surface area contributed by atoms with E-state index in [-0.39, 0.29) is 6.61 Å². The monoisotopic (exact) mass is 308 g/mol. The van der Waals surface area contributed by atoms with Gasteiger partial charge in [0.2, 0.25) is 0 Å². The molecule has 1 heterocycles. The van der Waals surface area contributed by atoms with Crippen LogP contribution in [-0.2, 0) is 10.2 Å². The smallest absolute Gasteiger partial charge is 0.301 e. The van der Waals surface area contributed by atoms with Gasteiger partial charge >= 0.3 is 10.2 Å². The van der Waals surface area contributed by atoms with Gasteiger partial charge in [0.15, 0.2) is 0 Å².